The second-order valence-electron chi connectivity index (χ2n) is 4.98. The van der Waals surface area contributed by atoms with E-state index in [0.29, 0.717) is 22.2 Å². The molecule has 24 heavy (non-hydrogen) atoms. The number of aliphatic imine (C=N–C) groups is 1. The molecular formula is C17H16N4O2S. The number of rotatable bonds is 5. The van der Waals surface area contributed by atoms with E-state index in [-0.39, 0.29) is 6.04 Å². The van der Waals surface area contributed by atoms with Gasteiger partial charge in [-0.1, -0.05) is 18.3 Å². The van der Waals surface area contributed by atoms with Crippen LogP contribution in [0.25, 0.3) is 0 Å². The van der Waals surface area contributed by atoms with Crippen molar-refractivity contribution in [1.29, 1.82) is 0 Å². The van der Waals surface area contributed by atoms with Crippen LogP contribution in [0.2, 0.25) is 0 Å². The second-order valence-corrected chi connectivity index (χ2v) is 5.42. The summed E-state index contributed by atoms with van der Waals surface area (Å²) in [5, 5.41) is 4.25. The summed E-state index contributed by atoms with van der Waals surface area (Å²) in [6, 6.07) is 10.9. The topological polar surface area (TPSA) is 68.1 Å². The quantitative estimate of drug-likeness (QED) is 0.668. The fourth-order valence-electron chi connectivity index (χ4n) is 2.31. The van der Waals surface area contributed by atoms with Gasteiger partial charge in [0.05, 0.1) is 19.9 Å². The van der Waals surface area contributed by atoms with Gasteiger partial charge in [0.2, 0.25) is 0 Å². The fraction of sp³-hybridized carbons (Fsp3) is 0.176. The zero-order valence-corrected chi connectivity index (χ0v) is 14.1. The number of nitrogens with one attached hydrogen (secondary N) is 1. The van der Waals surface area contributed by atoms with E-state index in [9.17, 15) is 0 Å². The summed E-state index contributed by atoms with van der Waals surface area (Å²) < 4.78 is 10.5. The number of hydrogen-bond donors (Lipinski definition) is 1. The number of hydrogen-bond acceptors (Lipinski definition) is 6. The maximum absolute atomic E-state index is 5.31. The number of benzene rings is 1. The first-order chi connectivity index (χ1) is 11.7. The summed E-state index contributed by atoms with van der Waals surface area (Å²) in [4.78, 5) is 9.43. The Morgan fingerprint density at radius 2 is 2.00 bits per heavy atom. The first-order valence-corrected chi connectivity index (χ1v) is 7.68. The third-order valence-electron chi connectivity index (χ3n) is 3.50. The summed E-state index contributed by atoms with van der Waals surface area (Å²) in [5.41, 5.74) is 5.15. The maximum Gasteiger partial charge on any atom is 0.161 e. The first-order valence-electron chi connectivity index (χ1n) is 7.27. The number of pyridine rings is 1. The highest BCUT2D eigenvalue weighted by Gasteiger charge is 2.27. The van der Waals surface area contributed by atoms with E-state index in [1.165, 1.54) is 0 Å². The van der Waals surface area contributed by atoms with Gasteiger partial charge in [-0.05, 0) is 35.9 Å². The molecule has 1 atom stereocenters. The number of thiocarbonyl (C=S) groups is 1. The predicted molar refractivity (Wildman–Crippen MR) is 97.4 cm³/mol. The molecule has 1 aromatic carbocycles. The van der Waals surface area contributed by atoms with Gasteiger partial charge in [0.25, 0.3) is 0 Å². The van der Waals surface area contributed by atoms with E-state index < -0.39 is 0 Å². The van der Waals surface area contributed by atoms with E-state index in [2.05, 4.69) is 20.5 Å². The Balaban J connectivity index is 1.85. The van der Waals surface area contributed by atoms with Gasteiger partial charge in [0, 0.05) is 12.4 Å². The number of ether oxygens (including phenoxy) is 2. The van der Waals surface area contributed by atoms with Crippen LogP contribution in [-0.2, 0) is 0 Å². The molecular weight excluding hydrogens is 324 g/mol. The smallest absolute Gasteiger partial charge is 0.161 e. The largest absolute Gasteiger partial charge is 0.493 e. The number of methoxy groups -OCH3 is 2. The normalized spacial score (nSPS) is 16.8. The summed E-state index contributed by atoms with van der Waals surface area (Å²) in [5.74, 6) is 1.32. The molecule has 6 nitrogen and oxygen atoms in total. The number of nitrogens with zero attached hydrogens (tertiary/aromatic N) is 3. The highest BCUT2D eigenvalue weighted by molar-refractivity contribution is 7.80. The highest BCUT2D eigenvalue weighted by Crippen LogP contribution is 2.27. The van der Waals surface area contributed by atoms with Gasteiger partial charge in [-0.15, -0.1) is 0 Å². The molecule has 0 saturated heterocycles. The van der Waals surface area contributed by atoms with Crippen LogP contribution < -0.4 is 14.9 Å². The van der Waals surface area contributed by atoms with E-state index in [0.717, 1.165) is 11.3 Å². The summed E-state index contributed by atoms with van der Waals surface area (Å²) in [7, 11) is 3.20. The molecule has 7 heteroatoms. The van der Waals surface area contributed by atoms with Gasteiger partial charge in [-0.2, -0.15) is 5.10 Å². The third kappa shape index (κ3) is 3.26. The Kier molecular flexibility index (Phi) is 4.81. The Bertz CT molecular complexity index is 805. The van der Waals surface area contributed by atoms with Gasteiger partial charge in [0.1, 0.15) is 16.7 Å². The van der Waals surface area contributed by atoms with Crippen molar-refractivity contribution in [2.24, 2.45) is 10.1 Å². The van der Waals surface area contributed by atoms with Gasteiger partial charge in [-0.3, -0.25) is 15.4 Å². The Hall–Kier alpha value is -2.80. The minimum absolute atomic E-state index is 0.358. The fourth-order valence-corrected chi connectivity index (χ4v) is 2.52. The van der Waals surface area contributed by atoms with E-state index >= 15 is 0 Å². The highest BCUT2D eigenvalue weighted by atomic mass is 32.1. The molecule has 2 aromatic rings. The van der Waals surface area contributed by atoms with Gasteiger partial charge < -0.3 is 9.47 Å². The van der Waals surface area contributed by atoms with Crippen LogP contribution in [0, 0.1) is 0 Å². The molecule has 0 amide bonds. The van der Waals surface area contributed by atoms with Crippen molar-refractivity contribution in [2.75, 3.05) is 14.2 Å². The van der Waals surface area contributed by atoms with E-state index in [1.807, 2.05) is 36.4 Å². The Morgan fingerprint density at radius 1 is 1.17 bits per heavy atom. The summed E-state index contributed by atoms with van der Waals surface area (Å²) in [6.45, 7) is 0. The molecule has 1 N–H and O–H groups in total. The Morgan fingerprint density at radius 3 is 2.71 bits per heavy atom. The molecule has 0 bridgehead atoms. The predicted octanol–water partition coefficient (Wildman–Crippen LogP) is 2.22. The van der Waals surface area contributed by atoms with Crippen LogP contribution in [0.1, 0.15) is 11.3 Å². The molecule has 0 radical (unpaired) electrons. The average molecular weight is 340 g/mol. The molecule has 1 aliphatic rings. The van der Waals surface area contributed by atoms with Crippen LogP contribution in [0.3, 0.4) is 0 Å². The minimum Gasteiger partial charge on any atom is -0.493 e. The number of aromatic nitrogens is 1. The molecule has 1 aromatic heterocycles. The van der Waals surface area contributed by atoms with Crippen LogP contribution in [-0.4, -0.2) is 42.2 Å². The van der Waals surface area contributed by atoms with Crippen LogP contribution >= 0.6 is 12.2 Å². The third-order valence-corrected chi connectivity index (χ3v) is 3.82. The molecule has 0 fully saturated rings. The Labute approximate surface area is 145 Å². The van der Waals surface area contributed by atoms with Gasteiger partial charge >= 0.3 is 0 Å². The lowest BCUT2D eigenvalue weighted by Gasteiger charge is -2.09. The molecule has 0 spiro atoms. The van der Waals surface area contributed by atoms with Crippen molar-refractivity contribution in [3.8, 4) is 11.5 Å². The lowest BCUT2D eigenvalue weighted by molar-refractivity contribution is 0.355. The SMILES string of the molecule is COc1ccc(C=NC2C(=S)NN=C2c2ccccn2)cc1OC. The zero-order chi connectivity index (χ0) is 16.9. The second kappa shape index (κ2) is 7.18. The molecule has 1 unspecified atom stereocenters. The summed E-state index contributed by atoms with van der Waals surface area (Å²) in [6.07, 6.45) is 3.46. The minimum atomic E-state index is -0.358. The molecule has 0 saturated carbocycles. The lowest BCUT2D eigenvalue weighted by atomic mass is 10.1. The monoisotopic (exact) mass is 340 g/mol. The summed E-state index contributed by atoms with van der Waals surface area (Å²) >= 11 is 5.31. The van der Waals surface area contributed by atoms with Crippen molar-refractivity contribution < 1.29 is 9.47 Å². The van der Waals surface area contributed by atoms with Crippen molar-refractivity contribution in [3.05, 3.63) is 53.9 Å². The zero-order valence-electron chi connectivity index (χ0n) is 13.3. The standard InChI is InChI=1S/C17H16N4O2S/c1-22-13-7-6-11(9-14(13)23-2)10-19-16-15(20-21-17(16)24)12-5-3-4-8-18-12/h3-10,16H,1-2H3,(H,21,24). The molecule has 1 aliphatic heterocycles. The van der Waals surface area contributed by atoms with Crippen LogP contribution in [0.4, 0.5) is 0 Å². The average Bonchev–Trinajstić information content (AvgIpc) is 3.01. The van der Waals surface area contributed by atoms with E-state index in [1.54, 1.807) is 26.6 Å². The molecule has 3 rings (SSSR count). The first kappa shape index (κ1) is 16.1. The molecule has 2 heterocycles. The van der Waals surface area contributed by atoms with E-state index in [4.69, 9.17) is 21.7 Å². The van der Waals surface area contributed by atoms with Crippen molar-refractivity contribution in [2.45, 2.75) is 6.04 Å². The molecule has 0 aliphatic carbocycles. The van der Waals surface area contributed by atoms with Crippen molar-refractivity contribution in [1.82, 2.24) is 10.4 Å². The number of hydrazone groups is 1. The lowest BCUT2D eigenvalue weighted by Crippen LogP contribution is -2.26. The van der Waals surface area contributed by atoms with Gasteiger partial charge in [-0.25, -0.2) is 0 Å². The van der Waals surface area contributed by atoms with Crippen molar-refractivity contribution in [3.63, 3.8) is 0 Å². The maximum atomic E-state index is 5.31. The molecule has 122 valence electrons. The van der Waals surface area contributed by atoms with Crippen LogP contribution in [0.15, 0.2) is 52.7 Å². The van der Waals surface area contributed by atoms with Crippen LogP contribution in [0.5, 0.6) is 11.5 Å². The van der Waals surface area contributed by atoms with Crippen molar-refractivity contribution >= 4 is 29.1 Å². The van der Waals surface area contributed by atoms with Gasteiger partial charge in [0.15, 0.2) is 11.5 Å².